The van der Waals surface area contributed by atoms with E-state index in [2.05, 4.69) is 60.0 Å². The lowest BCUT2D eigenvalue weighted by molar-refractivity contribution is 0.942. The smallest absolute Gasteiger partial charge is 0.0718 e. The summed E-state index contributed by atoms with van der Waals surface area (Å²) in [4.78, 5) is 1.24. The maximum Gasteiger partial charge on any atom is 0.0718 e. The third-order valence-corrected chi connectivity index (χ3v) is 4.59. The molecule has 90 valence electrons. The van der Waals surface area contributed by atoms with Gasteiger partial charge in [0, 0.05) is 4.88 Å². The summed E-state index contributed by atoms with van der Waals surface area (Å²) in [6, 6.07) is 19.1. The first-order chi connectivity index (χ1) is 8.83. The molecule has 0 bridgehead atoms. The zero-order valence-corrected chi connectivity index (χ0v) is 11.4. The van der Waals surface area contributed by atoms with Crippen molar-refractivity contribution in [2.45, 2.75) is 11.8 Å². The number of fused-ring (bicyclic) bond motifs is 1. The maximum absolute atomic E-state index is 6.44. The number of halogens is 1. The average molecular weight is 273 g/mol. The summed E-state index contributed by atoms with van der Waals surface area (Å²) in [6.07, 6.45) is 0.882. The van der Waals surface area contributed by atoms with Gasteiger partial charge in [-0.2, -0.15) is 0 Å². The van der Waals surface area contributed by atoms with Crippen LogP contribution in [0.5, 0.6) is 0 Å². The lowest BCUT2D eigenvalue weighted by Gasteiger charge is -2.08. The first-order valence-corrected chi connectivity index (χ1v) is 7.30. The van der Waals surface area contributed by atoms with Crippen LogP contribution in [0.1, 0.15) is 15.8 Å². The molecule has 3 aromatic rings. The van der Waals surface area contributed by atoms with E-state index in [9.17, 15) is 0 Å². The van der Waals surface area contributed by atoms with Gasteiger partial charge in [0.25, 0.3) is 0 Å². The Hall–Kier alpha value is -1.31. The molecule has 0 N–H and O–H groups in total. The molecule has 0 fully saturated rings. The number of thiophene rings is 1. The molecule has 1 atom stereocenters. The predicted molar refractivity (Wildman–Crippen MR) is 80.6 cm³/mol. The highest BCUT2D eigenvalue weighted by Gasteiger charge is 2.09. The van der Waals surface area contributed by atoms with Gasteiger partial charge in [-0.3, -0.25) is 0 Å². The van der Waals surface area contributed by atoms with Gasteiger partial charge >= 0.3 is 0 Å². The highest BCUT2D eigenvalue weighted by molar-refractivity contribution is 7.10. The minimum Gasteiger partial charge on any atom is -0.147 e. The Morgan fingerprint density at radius 1 is 0.944 bits per heavy atom. The Morgan fingerprint density at radius 3 is 2.56 bits per heavy atom. The van der Waals surface area contributed by atoms with Crippen molar-refractivity contribution in [3.05, 3.63) is 70.4 Å². The van der Waals surface area contributed by atoms with Crippen LogP contribution in [0.15, 0.2) is 60.0 Å². The van der Waals surface area contributed by atoms with Gasteiger partial charge in [0.15, 0.2) is 0 Å². The van der Waals surface area contributed by atoms with Crippen molar-refractivity contribution in [2.75, 3.05) is 0 Å². The summed E-state index contributed by atoms with van der Waals surface area (Å²) in [6.45, 7) is 0. The van der Waals surface area contributed by atoms with Crippen molar-refractivity contribution in [1.29, 1.82) is 0 Å². The fraction of sp³-hybridized carbons (Fsp3) is 0.125. The average Bonchev–Trinajstić information content (AvgIpc) is 2.92. The Kier molecular flexibility index (Phi) is 3.35. The van der Waals surface area contributed by atoms with Crippen LogP contribution in [-0.4, -0.2) is 0 Å². The largest absolute Gasteiger partial charge is 0.147 e. The van der Waals surface area contributed by atoms with E-state index < -0.39 is 0 Å². The van der Waals surface area contributed by atoms with Crippen molar-refractivity contribution < 1.29 is 0 Å². The molecular weight excluding hydrogens is 260 g/mol. The third-order valence-electron chi connectivity index (χ3n) is 3.08. The molecule has 2 heteroatoms. The SMILES string of the molecule is ClC(Cc1ccc2ccccc2c1)c1cccs1. The first kappa shape index (κ1) is 11.8. The summed E-state index contributed by atoms with van der Waals surface area (Å²) in [5, 5.41) is 4.71. The van der Waals surface area contributed by atoms with Crippen LogP contribution in [-0.2, 0) is 6.42 Å². The third kappa shape index (κ3) is 2.43. The summed E-state index contributed by atoms with van der Waals surface area (Å²) in [5.41, 5.74) is 1.29. The van der Waals surface area contributed by atoms with Gasteiger partial charge in [0.2, 0.25) is 0 Å². The molecule has 1 heterocycles. The Bertz CT molecular complexity index is 643. The van der Waals surface area contributed by atoms with Crippen LogP contribution in [0, 0.1) is 0 Å². The van der Waals surface area contributed by atoms with Gasteiger partial charge in [-0.25, -0.2) is 0 Å². The fourth-order valence-electron chi connectivity index (χ4n) is 2.14. The fourth-order valence-corrected chi connectivity index (χ4v) is 3.25. The molecule has 18 heavy (non-hydrogen) atoms. The summed E-state index contributed by atoms with van der Waals surface area (Å²) >= 11 is 8.17. The number of alkyl halides is 1. The van der Waals surface area contributed by atoms with Gasteiger partial charge in [-0.05, 0) is 34.2 Å². The van der Waals surface area contributed by atoms with Crippen molar-refractivity contribution >= 4 is 33.7 Å². The zero-order chi connectivity index (χ0) is 12.4. The quantitative estimate of drug-likeness (QED) is 0.558. The molecule has 2 aromatic carbocycles. The second-order valence-corrected chi connectivity index (χ2v) is 5.87. The second kappa shape index (κ2) is 5.13. The minimum absolute atomic E-state index is 0.0752. The summed E-state index contributed by atoms with van der Waals surface area (Å²) in [7, 11) is 0. The van der Waals surface area contributed by atoms with E-state index in [4.69, 9.17) is 11.6 Å². The van der Waals surface area contributed by atoms with Crippen LogP contribution in [0.4, 0.5) is 0 Å². The molecule has 0 aliphatic carbocycles. The molecule has 0 nitrogen and oxygen atoms in total. The summed E-state index contributed by atoms with van der Waals surface area (Å²) in [5.74, 6) is 0. The van der Waals surface area contributed by atoms with Crippen LogP contribution < -0.4 is 0 Å². The minimum atomic E-state index is 0.0752. The van der Waals surface area contributed by atoms with E-state index in [1.165, 1.54) is 21.2 Å². The molecule has 0 radical (unpaired) electrons. The molecule has 1 aromatic heterocycles. The topological polar surface area (TPSA) is 0 Å². The predicted octanol–water partition coefficient (Wildman–Crippen LogP) is 5.42. The van der Waals surface area contributed by atoms with Crippen LogP contribution in [0.25, 0.3) is 10.8 Å². The number of benzene rings is 2. The van der Waals surface area contributed by atoms with Gasteiger partial charge in [0.1, 0.15) is 0 Å². The van der Waals surface area contributed by atoms with E-state index in [1.807, 2.05) is 0 Å². The van der Waals surface area contributed by atoms with E-state index in [-0.39, 0.29) is 5.38 Å². The molecule has 0 amide bonds. The van der Waals surface area contributed by atoms with Gasteiger partial charge in [-0.1, -0.05) is 48.5 Å². The van der Waals surface area contributed by atoms with E-state index >= 15 is 0 Å². The number of rotatable bonds is 3. The first-order valence-electron chi connectivity index (χ1n) is 5.98. The standard InChI is InChI=1S/C16H13ClS/c17-15(16-6-3-9-18-16)11-12-7-8-13-4-1-2-5-14(13)10-12/h1-10,15H,11H2. The van der Waals surface area contributed by atoms with Crippen molar-refractivity contribution in [3.8, 4) is 0 Å². The molecule has 1 unspecified atom stereocenters. The maximum atomic E-state index is 6.44. The van der Waals surface area contributed by atoms with Crippen LogP contribution >= 0.6 is 22.9 Å². The van der Waals surface area contributed by atoms with Crippen LogP contribution in [0.3, 0.4) is 0 Å². The molecule has 0 aliphatic heterocycles. The molecular formula is C16H13ClS. The van der Waals surface area contributed by atoms with Gasteiger partial charge < -0.3 is 0 Å². The van der Waals surface area contributed by atoms with Crippen LogP contribution in [0.2, 0.25) is 0 Å². The molecule has 0 aliphatic rings. The molecule has 0 spiro atoms. The zero-order valence-electron chi connectivity index (χ0n) is 9.84. The Morgan fingerprint density at radius 2 is 1.78 bits per heavy atom. The van der Waals surface area contributed by atoms with Crippen molar-refractivity contribution in [3.63, 3.8) is 0 Å². The highest BCUT2D eigenvalue weighted by Crippen LogP contribution is 2.29. The second-order valence-electron chi connectivity index (χ2n) is 4.37. The van der Waals surface area contributed by atoms with Crippen molar-refractivity contribution in [2.24, 2.45) is 0 Å². The molecule has 0 saturated heterocycles. The monoisotopic (exact) mass is 272 g/mol. The Balaban J connectivity index is 1.86. The molecule has 3 rings (SSSR count). The number of hydrogen-bond donors (Lipinski definition) is 0. The van der Waals surface area contributed by atoms with Gasteiger partial charge in [-0.15, -0.1) is 22.9 Å². The van der Waals surface area contributed by atoms with E-state index in [0.717, 1.165) is 6.42 Å². The lowest BCUT2D eigenvalue weighted by Crippen LogP contribution is -1.93. The van der Waals surface area contributed by atoms with E-state index in [0.29, 0.717) is 0 Å². The van der Waals surface area contributed by atoms with Gasteiger partial charge in [0.05, 0.1) is 5.38 Å². The normalized spacial score (nSPS) is 12.7. The Labute approximate surface area is 116 Å². The summed E-state index contributed by atoms with van der Waals surface area (Å²) < 4.78 is 0. The van der Waals surface area contributed by atoms with E-state index in [1.54, 1.807) is 11.3 Å². The number of hydrogen-bond acceptors (Lipinski definition) is 1. The van der Waals surface area contributed by atoms with Crippen molar-refractivity contribution in [1.82, 2.24) is 0 Å². The molecule has 0 saturated carbocycles. The lowest BCUT2D eigenvalue weighted by atomic mass is 10.0. The highest BCUT2D eigenvalue weighted by atomic mass is 35.5.